The van der Waals surface area contributed by atoms with Gasteiger partial charge in [-0.25, -0.2) is 0 Å². The highest BCUT2D eigenvalue weighted by molar-refractivity contribution is 5.91. The van der Waals surface area contributed by atoms with E-state index in [-0.39, 0.29) is 17.5 Å². The second-order valence-electron chi connectivity index (χ2n) is 3.93. The summed E-state index contributed by atoms with van der Waals surface area (Å²) < 4.78 is 0. The molecule has 2 rings (SSSR count). The van der Waals surface area contributed by atoms with Gasteiger partial charge in [0.25, 0.3) is 0 Å². The second-order valence-corrected chi connectivity index (χ2v) is 3.93. The van der Waals surface area contributed by atoms with Crippen molar-refractivity contribution in [3.8, 4) is 6.07 Å². The summed E-state index contributed by atoms with van der Waals surface area (Å²) in [6.07, 6.45) is 1.69. The lowest BCUT2D eigenvalue weighted by Gasteiger charge is -2.21. The molecule has 2 N–H and O–H groups in total. The molecule has 0 bridgehead atoms. The van der Waals surface area contributed by atoms with Crippen LogP contribution in [-0.2, 0) is 4.79 Å². The highest BCUT2D eigenvalue weighted by Crippen LogP contribution is 2.14. The van der Waals surface area contributed by atoms with E-state index in [2.05, 4.69) is 20.8 Å². The SMILES string of the molecule is N#Cc1ccc(NC(=O)C2CCNCC2)nn1. The number of carbonyl (C=O) groups excluding carboxylic acids is 1. The van der Waals surface area contributed by atoms with Crippen molar-refractivity contribution in [1.82, 2.24) is 15.5 Å². The first-order valence-corrected chi connectivity index (χ1v) is 5.55. The summed E-state index contributed by atoms with van der Waals surface area (Å²) in [5, 5.41) is 21.9. The largest absolute Gasteiger partial charge is 0.317 e. The molecule has 0 spiro atoms. The van der Waals surface area contributed by atoms with E-state index in [1.807, 2.05) is 6.07 Å². The maximum atomic E-state index is 11.9. The van der Waals surface area contributed by atoms with Crippen LogP contribution in [0.4, 0.5) is 5.82 Å². The number of nitriles is 1. The van der Waals surface area contributed by atoms with E-state index in [0.29, 0.717) is 5.82 Å². The lowest BCUT2D eigenvalue weighted by Crippen LogP contribution is -2.34. The minimum atomic E-state index is -0.0227. The molecule has 0 saturated carbocycles. The number of piperidine rings is 1. The first-order valence-electron chi connectivity index (χ1n) is 5.55. The third-order valence-electron chi connectivity index (χ3n) is 2.74. The molecule has 1 amide bonds. The molecular weight excluding hydrogens is 218 g/mol. The molecule has 1 aromatic heterocycles. The number of nitrogens with zero attached hydrogens (tertiary/aromatic N) is 3. The summed E-state index contributed by atoms with van der Waals surface area (Å²) >= 11 is 0. The van der Waals surface area contributed by atoms with Crippen molar-refractivity contribution >= 4 is 11.7 Å². The van der Waals surface area contributed by atoms with E-state index in [0.717, 1.165) is 25.9 Å². The van der Waals surface area contributed by atoms with E-state index in [9.17, 15) is 4.79 Å². The van der Waals surface area contributed by atoms with Crippen molar-refractivity contribution in [3.63, 3.8) is 0 Å². The molecular formula is C11H13N5O. The van der Waals surface area contributed by atoms with Gasteiger partial charge >= 0.3 is 0 Å². The van der Waals surface area contributed by atoms with Gasteiger partial charge in [-0.15, -0.1) is 10.2 Å². The van der Waals surface area contributed by atoms with Crippen molar-refractivity contribution in [2.75, 3.05) is 18.4 Å². The molecule has 1 aliphatic rings. The van der Waals surface area contributed by atoms with E-state index in [1.165, 1.54) is 6.07 Å². The minimum Gasteiger partial charge on any atom is -0.317 e. The molecule has 1 aromatic rings. The lowest BCUT2D eigenvalue weighted by molar-refractivity contribution is -0.120. The maximum Gasteiger partial charge on any atom is 0.228 e. The van der Waals surface area contributed by atoms with Crippen molar-refractivity contribution in [3.05, 3.63) is 17.8 Å². The van der Waals surface area contributed by atoms with Gasteiger partial charge in [-0.05, 0) is 38.1 Å². The fourth-order valence-corrected chi connectivity index (χ4v) is 1.77. The Balaban J connectivity index is 1.95. The molecule has 1 aliphatic heterocycles. The monoisotopic (exact) mass is 231 g/mol. The van der Waals surface area contributed by atoms with Crippen molar-refractivity contribution < 1.29 is 4.79 Å². The van der Waals surface area contributed by atoms with Crippen LogP contribution in [0.25, 0.3) is 0 Å². The number of hydrogen-bond acceptors (Lipinski definition) is 5. The molecule has 0 unspecified atom stereocenters. The quantitative estimate of drug-likeness (QED) is 0.763. The zero-order valence-corrected chi connectivity index (χ0v) is 9.31. The number of anilines is 1. The molecule has 2 heterocycles. The van der Waals surface area contributed by atoms with Crippen LogP contribution in [0.5, 0.6) is 0 Å². The Hall–Kier alpha value is -2.00. The summed E-state index contributed by atoms with van der Waals surface area (Å²) in [5.74, 6) is 0.409. The normalized spacial score (nSPS) is 16.2. The first-order chi connectivity index (χ1) is 8.29. The number of nitrogens with one attached hydrogen (secondary N) is 2. The van der Waals surface area contributed by atoms with Crippen LogP contribution >= 0.6 is 0 Å². The number of carbonyl (C=O) groups is 1. The molecule has 6 nitrogen and oxygen atoms in total. The summed E-state index contributed by atoms with van der Waals surface area (Å²) in [5.41, 5.74) is 0.241. The van der Waals surface area contributed by atoms with Gasteiger partial charge in [0.15, 0.2) is 11.5 Å². The van der Waals surface area contributed by atoms with E-state index >= 15 is 0 Å². The summed E-state index contributed by atoms with van der Waals surface area (Å²) in [6, 6.07) is 5.00. The Bertz CT molecular complexity index is 430. The number of hydrogen-bond donors (Lipinski definition) is 2. The average Bonchev–Trinajstić information content (AvgIpc) is 2.40. The fraction of sp³-hybridized carbons (Fsp3) is 0.455. The predicted molar refractivity (Wildman–Crippen MR) is 61.0 cm³/mol. The van der Waals surface area contributed by atoms with Crippen LogP contribution < -0.4 is 10.6 Å². The standard InChI is InChI=1S/C11H13N5O/c12-7-9-1-2-10(16-15-9)14-11(17)8-3-5-13-6-4-8/h1-2,8,13H,3-6H2,(H,14,16,17). The van der Waals surface area contributed by atoms with Gasteiger partial charge in [-0.1, -0.05) is 0 Å². The minimum absolute atomic E-state index is 0.0227. The van der Waals surface area contributed by atoms with Crippen LogP contribution in [0.3, 0.4) is 0 Å². The van der Waals surface area contributed by atoms with Crippen LogP contribution in [0.1, 0.15) is 18.5 Å². The molecule has 6 heteroatoms. The Morgan fingerprint density at radius 2 is 2.18 bits per heavy atom. The molecule has 17 heavy (non-hydrogen) atoms. The average molecular weight is 231 g/mol. The highest BCUT2D eigenvalue weighted by atomic mass is 16.1. The third-order valence-corrected chi connectivity index (χ3v) is 2.74. The zero-order valence-electron chi connectivity index (χ0n) is 9.31. The molecule has 1 fully saturated rings. The molecule has 0 radical (unpaired) electrons. The fourth-order valence-electron chi connectivity index (χ4n) is 1.77. The highest BCUT2D eigenvalue weighted by Gasteiger charge is 2.21. The van der Waals surface area contributed by atoms with Gasteiger partial charge in [0, 0.05) is 5.92 Å². The van der Waals surface area contributed by atoms with Gasteiger partial charge in [0.05, 0.1) is 0 Å². The second kappa shape index (κ2) is 5.37. The summed E-state index contributed by atoms with van der Waals surface area (Å²) in [6.45, 7) is 1.74. The lowest BCUT2D eigenvalue weighted by atomic mass is 9.97. The predicted octanol–water partition coefficient (Wildman–Crippen LogP) is 0.286. The number of rotatable bonds is 2. The number of amides is 1. The smallest absolute Gasteiger partial charge is 0.228 e. The summed E-state index contributed by atoms with van der Waals surface area (Å²) in [4.78, 5) is 11.9. The van der Waals surface area contributed by atoms with E-state index < -0.39 is 0 Å². The molecule has 88 valence electrons. The van der Waals surface area contributed by atoms with Crippen LogP contribution in [-0.4, -0.2) is 29.2 Å². The van der Waals surface area contributed by atoms with Crippen LogP contribution in [0.15, 0.2) is 12.1 Å². The van der Waals surface area contributed by atoms with Gasteiger partial charge in [-0.2, -0.15) is 5.26 Å². The Labute approximate surface area is 99.0 Å². The molecule has 1 saturated heterocycles. The Morgan fingerprint density at radius 3 is 2.76 bits per heavy atom. The summed E-state index contributed by atoms with van der Waals surface area (Å²) in [7, 11) is 0. The molecule has 0 aromatic carbocycles. The van der Waals surface area contributed by atoms with Gasteiger partial charge in [0.1, 0.15) is 6.07 Å². The van der Waals surface area contributed by atoms with Gasteiger partial charge in [-0.3, -0.25) is 4.79 Å². The van der Waals surface area contributed by atoms with Crippen molar-refractivity contribution in [2.45, 2.75) is 12.8 Å². The third kappa shape index (κ3) is 2.98. The van der Waals surface area contributed by atoms with E-state index in [1.54, 1.807) is 6.07 Å². The maximum absolute atomic E-state index is 11.9. The van der Waals surface area contributed by atoms with Gasteiger partial charge < -0.3 is 10.6 Å². The van der Waals surface area contributed by atoms with Gasteiger partial charge in [0.2, 0.25) is 5.91 Å². The van der Waals surface area contributed by atoms with Crippen LogP contribution in [0.2, 0.25) is 0 Å². The molecule has 0 aliphatic carbocycles. The topological polar surface area (TPSA) is 90.7 Å². The molecule has 0 atom stereocenters. The Morgan fingerprint density at radius 1 is 1.41 bits per heavy atom. The van der Waals surface area contributed by atoms with Crippen LogP contribution in [0, 0.1) is 17.2 Å². The van der Waals surface area contributed by atoms with E-state index in [4.69, 9.17) is 5.26 Å². The van der Waals surface area contributed by atoms with Crippen molar-refractivity contribution in [1.29, 1.82) is 5.26 Å². The Kier molecular flexibility index (Phi) is 3.62. The zero-order chi connectivity index (χ0) is 12.1. The van der Waals surface area contributed by atoms with Crippen molar-refractivity contribution in [2.24, 2.45) is 5.92 Å². The first kappa shape index (κ1) is 11.5. The number of aromatic nitrogens is 2.